The van der Waals surface area contributed by atoms with Gasteiger partial charge in [-0.25, -0.2) is 0 Å². The van der Waals surface area contributed by atoms with Gasteiger partial charge in [-0.3, -0.25) is 5.84 Å². The number of benzene rings is 1. The molecule has 1 saturated heterocycles. The summed E-state index contributed by atoms with van der Waals surface area (Å²) in [5, 5.41) is 0. The molecule has 4 nitrogen and oxygen atoms in total. The molecule has 1 aliphatic heterocycles. The lowest BCUT2D eigenvalue weighted by Gasteiger charge is -2.32. The van der Waals surface area contributed by atoms with E-state index in [4.69, 9.17) is 15.2 Å². The fourth-order valence-electron chi connectivity index (χ4n) is 2.03. The zero-order chi connectivity index (χ0) is 16.1. The summed E-state index contributed by atoms with van der Waals surface area (Å²) in [6.07, 6.45) is -4.43. The lowest BCUT2D eigenvalue weighted by Crippen LogP contribution is -2.41. The van der Waals surface area contributed by atoms with E-state index in [0.717, 1.165) is 12.1 Å². The SMILES string of the molecule is CC1(C)OB(c2ccc(C(F)(F)F)cc2NN)OC1(C)C. The Morgan fingerprint density at radius 2 is 1.62 bits per heavy atom. The Morgan fingerprint density at radius 3 is 2.05 bits per heavy atom. The first-order valence-electron chi connectivity index (χ1n) is 6.51. The fraction of sp³-hybridized carbons (Fsp3) is 0.538. The molecule has 21 heavy (non-hydrogen) atoms. The number of nitrogens with two attached hydrogens (primary N) is 1. The van der Waals surface area contributed by atoms with Gasteiger partial charge >= 0.3 is 13.3 Å². The maximum Gasteiger partial charge on any atom is 0.497 e. The Morgan fingerprint density at radius 1 is 1.10 bits per heavy atom. The topological polar surface area (TPSA) is 56.5 Å². The van der Waals surface area contributed by atoms with Crippen molar-refractivity contribution in [2.24, 2.45) is 5.84 Å². The predicted molar refractivity (Wildman–Crippen MR) is 75.0 cm³/mol. The minimum absolute atomic E-state index is 0.128. The molecule has 0 unspecified atom stereocenters. The summed E-state index contributed by atoms with van der Waals surface area (Å²) in [5.74, 6) is 5.34. The van der Waals surface area contributed by atoms with E-state index < -0.39 is 30.1 Å². The van der Waals surface area contributed by atoms with Crippen LogP contribution in [0.2, 0.25) is 0 Å². The highest BCUT2D eigenvalue weighted by molar-refractivity contribution is 6.63. The summed E-state index contributed by atoms with van der Waals surface area (Å²) in [4.78, 5) is 0. The molecule has 0 bridgehead atoms. The smallest absolute Gasteiger partial charge is 0.399 e. The highest BCUT2D eigenvalue weighted by Gasteiger charge is 2.52. The van der Waals surface area contributed by atoms with Crippen molar-refractivity contribution in [1.29, 1.82) is 0 Å². The van der Waals surface area contributed by atoms with Gasteiger partial charge < -0.3 is 14.7 Å². The minimum atomic E-state index is -4.43. The highest BCUT2D eigenvalue weighted by Crippen LogP contribution is 2.37. The highest BCUT2D eigenvalue weighted by atomic mass is 19.4. The second-order valence-electron chi connectivity index (χ2n) is 6.03. The predicted octanol–water partition coefficient (Wildman–Crippen LogP) is 2.29. The lowest BCUT2D eigenvalue weighted by atomic mass is 9.77. The van der Waals surface area contributed by atoms with Gasteiger partial charge in [0, 0.05) is 11.2 Å². The van der Waals surface area contributed by atoms with Gasteiger partial charge in [-0.15, -0.1) is 0 Å². The number of alkyl halides is 3. The van der Waals surface area contributed by atoms with E-state index in [1.165, 1.54) is 6.07 Å². The number of halogens is 3. The quantitative estimate of drug-likeness (QED) is 0.500. The maximum absolute atomic E-state index is 12.7. The van der Waals surface area contributed by atoms with Gasteiger partial charge in [0.25, 0.3) is 0 Å². The molecule has 1 fully saturated rings. The Hall–Kier alpha value is -1.25. The van der Waals surface area contributed by atoms with Crippen LogP contribution < -0.4 is 16.7 Å². The monoisotopic (exact) mass is 302 g/mol. The number of nitrogens with one attached hydrogen (secondary N) is 1. The van der Waals surface area contributed by atoms with Crippen LogP contribution in [0.1, 0.15) is 33.3 Å². The molecule has 1 aromatic carbocycles. The summed E-state index contributed by atoms with van der Waals surface area (Å²) in [5.41, 5.74) is 0.906. The van der Waals surface area contributed by atoms with Crippen LogP contribution in [0.25, 0.3) is 0 Å². The number of anilines is 1. The number of nitrogen functional groups attached to an aromatic ring is 1. The van der Waals surface area contributed by atoms with Crippen molar-refractivity contribution in [1.82, 2.24) is 0 Å². The molecule has 0 radical (unpaired) electrons. The van der Waals surface area contributed by atoms with Gasteiger partial charge in [-0.05, 0) is 33.8 Å². The van der Waals surface area contributed by atoms with Crippen molar-refractivity contribution >= 4 is 18.3 Å². The van der Waals surface area contributed by atoms with Crippen LogP contribution in [0.3, 0.4) is 0 Å². The van der Waals surface area contributed by atoms with Crippen LogP contribution in [-0.2, 0) is 15.5 Å². The normalized spacial score (nSPS) is 20.7. The van der Waals surface area contributed by atoms with Crippen LogP contribution in [0.4, 0.5) is 18.9 Å². The number of hydrogen-bond donors (Lipinski definition) is 2. The molecule has 1 heterocycles. The van der Waals surface area contributed by atoms with E-state index in [1.54, 1.807) is 0 Å². The van der Waals surface area contributed by atoms with E-state index in [1.807, 2.05) is 27.7 Å². The summed E-state index contributed by atoms with van der Waals surface area (Å²) >= 11 is 0. The molecule has 0 atom stereocenters. The molecule has 0 spiro atoms. The summed E-state index contributed by atoms with van der Waals surface area (Å²) in [6, 6.07) is 3.25. The lowest BCUT2D eigenvalue weighted by molar-refractivity contribution is -0.137. The zero-order valence-electron chi connectivity index (χ0n) is 12.3. The maximum atomic E-state index is 12.7. The molecular formula is C13H18BF3N2O2. The third-order valence-corrected chi connectivity index (χ3v) is 4.04. The van der Waals surface area contributed by atoms with Crippen molar-refractivity contribution < 1.29 is 22.5 Å². The molecule has 1 aromatic rings. The minimum Gasteiger partial charge on any atom is -0.399 e. The summed E-state index contributed by atoms with van der Waals surface area (Å²) in [6.45, 7) is 7.47. The molecule has 3 N–H and O–H groups in total. The number of hydrazine groups is 1. The molecule has 8 heteroatoms. The van der Waals surface area contributed by atoms with E-state index in [9.17, 15) is 13.2 Å². The fourth-order valence-corrected chi connectivity index (χ4v) is 2.03. The third-order valence-electron chi connectivity index (χ3n) is 4.04. The molecule has 2 rings (SSSR count). The van der Waals surface area contributed by atoms with Crippen LogP contribution in [-0.4, -0.2) is 18.3 Å². The standard InChI is InChI=1S/C13H18BF3N2O2/c1-11(2)12(3,4)21-14(20-11)9-6-5-8(13(15,16)17)7-10(9)19-18/h5-7,19H,18H2,1-4H3. The zero-order valence-corrected chi connectivity index (χ0v) is 12.3. The molecule has 0 aliphatic carbocycles. The average molecular weight is 302 g/mol. The summed E-state index contributed by atoms with van der Waals surface area (Å²) < 4.78 is 49.8. The van der Waals surface area contributed by atoms with E-state index >= 15 is 0 Å². The van der Waals surface area contributed by atoms with Crippen molar-refractivity contribution in [2.45, 2.75) is 45.1 Å². The first-order valence-corrected chi connectivity index (χ1v) is 6.51. The average Bonchev–Trinajstić information content (AvgIpc) is 2.56. The molecule has 0 aromatic heterocycles. The third kappa shape index (κ3) is 2.88. The molecular weight excluding hydrogens is 284 g/mol. The first-order chi connectivity index (χ1) is 9.48. The molecule has 116 valence electrons. The van der Waals surface area contributed by atoms with E-state index in [0.29, 0.717) is 5.46 Å². The van der Waals surface area contributed by atoms with Gasteiger partial charge in [-0.2, -0.15) is 13.2 Å². The van der Waals surface area contributed by atoms with Crippen LogP contribution in [0, 0.1) is 0 Å². The van der Waals surface area contributed by atoms with E-state index in [2.05, 4.69) is 5.43 Å². The molecule has 0 saturated carbocycles. The van der Waals surface area contributed by atoms with Gasteiger partial charge in [0.15, 0.2) is 0 Å². The van der Waals surface area contributed by atoms with Crippen molar-refractivity contribution in [3.8, 4) is 0 Å². The van der Waals surface area contributed by atoms with Crippen molar-refractivity contribution in [2.75, 3.05) is 5.43 Å². The van der Waals surface area contributed by atoms with Gasteiger partial charge in [0.1, 0.15) is 0 Å². The second kappa shape index (κ2) is 4.89. The summed E-state index contributed by atoms with van der Waals surface area (Å²) in [7, 11) is -0.775. The largest absolute Gasteiger partial charge is 0.497 e. The Bertz CT molecular complexity index is 531. The van der Waals surface area contributed by atoms with Crippen LogP contribution in [0.15, 0.2) is 18.2 Å². The van der Waals surface area contributed by atoms with Gasteiger partial charge in [-0.1, -0.05) is 12.1 Å². The second-order valence-corrected chi connectivity index (χ2v) is 6.03. The Labute approximate surface area is 121 Å². The van der Waals surface area contributed by atoms with Crippen molar-refractivity contribution in [3.63, 3.8) is 0 Å². The molecule has 0 amide bonds. The number of rotatable bonds is 2. The van der Waals surface area contributed by atoms with Crippen molar-refractivity contribution in [3.05, 3.63) is 23.8 Å². The van der Waals surface area contributed by atoms with Gasteiger partial charge in [0.2, 0.25) is 0 Å². The van der Waals surface area contributed by atoms with Crippen LogP contribution in [0.5, 0.6) is 0 Å². The Kier molecular flexibility index (Phi) is 3.76. The van der Waals surface area contributed by atoms with Gasteiger partial charge in [0.05, 0.1) is 16.8 Å². The first kappa shape index (κ1) is 16.1. The van der Waals surface area contributed by atoms with Crippen LogP contribution >= 0.6 is 0 Å². The van der Waals surface area contributed by atoms with E-state index in [-0.39, 0.29) is 5.69 Å². The molecule has 1 aliphatic rings. The Balaban J connectivity index is 2.38. The number of hydrogen-bond acceptors (Lipinski definition) is 4.